The molecule has 3 aromatic rings. The highest BCUT2D eigenvalue weighted by molar-refractivity contribution is 5.70. The Labute approximate surface area is 177 Å². The molecule has 5 nitrogen and oxygen atoms in total. The summed E-state index contributed by atoms with van der Waals surface area (Å²) < 4.78 is 6.04. The third-order valence-corrected chi connectivity index (χ3v) is 5.61. The largest absolute Gasteiger partial charge is 0.481 e. The van der Waals surface area contributed by atoms with Gasteiger partial charge in [-0.05, 0) is 74.3 Å². The number of piperidine rings is 1. The lowest BCUT2D eigenvalue weighted by atomic mass is 9.93. The Bertz CT molecular complexity index is 981. The zero-order valence-electron chi connectivity index (χ0n) is 17.1. The lowest BCUT2D eigenvalue weighted by molar-refractivity contribution is -0.143. The number of aliphatic carboxylic acids is 1. The van der Waals surface area contributed by atoms with Crippen LogP contribution in [0, 0.1) is 12.8 Å². The lowest BCUT2D eigenvalue weighted by Gasteiger charge is -2.36. The maximum absolute atomic E-state index is 11.4. The molecule has 1 aliphatic rings. The van der Waals surface area contributed by atoms with E-state index in [2.05, 4.69) is 29.2 Å². The molecular formula is C25H26N2O3. The van der Waals surface area contributed by atoms with Gasteiger partial charge in [-0.15, -0.1) is 0 Å². The van der Waals surface area contributed by atoms with Crippen molar-refractivity contribution < 1.29 is 14.6 Å². The van der Waals surface area contributed by atoms with E-state index in [0.29, 0.717) is 12.8 Å². The Morgan fingerprint density at radius 1 is 1.03 bits per heavy atom. The van der Waals surface area contributed by atoms with Crippen molar-refractivity contribution in [2.24, 2.45) is 5.92 Å². The number of hydrogen-bond donors (Lipinski definition) is 1. The second kappa shape index (κ2) is 9.09. The number of benzene rings is 2. The number of nitrogens with zero attached hydrogens (tertiary/aromatic N) is 2. The van der Waals surface area contributed by atoms with E-state index in [4.69, 9.17) is 9.72 Å². The van der Waals surface area contributed by atoms with E-state index < -0.39 is 5.97 Å². The molecule has 1 N–H and O–H groups in total. The van der Waals surface area contributed by atoms with Crippen LogP contribution in [0.25, 0.3) is 0 Å². The minimum atomic E-state index is -0.696. The molecule has 0 aliphatic carbocycles. The fourth-order valence-electron chi connectivity index (χ4n) is 3.99. The van der Waals surface area contributed by atoms with E-state index in [0.717, 1.165) is 41.4 Å². The number of carboxylic acids is 1. The molecule has 1 unspecified atom stereocenters. The number of carboxylic acid groups (broad SMARTS) is 1. The van der Waals surface area contributed by atoms with E-state index in [1.165, 1.54) is 0 Å². The molecule has 1 aromatic heterocycles. The third-order valence-electron chi connectivity index (χ3n) is 5.61. The Morgan fingerprint density at radius 2 is 1.77 bits per heavy atom. The quantitative estimate of drug-likeness (QED) is 0.624. The van der Waals surface area contributed by atoms with Gasteiger partial charge in [0.05, 0.1) is 17.7 Å². The van der Waals surface area contributed by atoms with Gasteiger partial charge in [0.15, 0.2) is 0 Å². The van der Waals surface area contributed by atoms with Crippen molar-refractivity contribution in [3.63, 3.8) is 0 Å². The van der Waals surface area contributed by atoms with Crippen LogP contribution >= 0.6 is 0 Å². The van der Waals surface area contributed by atoms with Crippen LogP contribution in [-0.4, -0.2) is 34.0 Å². The number of para-hydroxylation sites is 1. The molecule has 0 spiro atoms. The lowest BCUT2D eigenvalue weighted by Crippen LogP contribution is -2.39. The summed E-state index contributed by atoms with van der Waals surface area (Å²) in [5.74, 6) is 0.608. The molecular weight excluding hydrogens is 376 g/mol. The average molecular weight is 402 g/mol. The first kappa shape index (κ1) is 20.1. The number of likely N-dealkylation sites (tertiary alicyclic amines) is 1. The maximum Gasteiger partial charge on any atom is 0.306 e. The molecule has 30 heavy (non-hydrogen) atoms. The Morgan fingerprint density at radius 3 is 2.43 bits per heavy atom. The average Bonchev–Trinajstić information content (AvgIpc) is 2.77. The van der Waals surface area contributed by atoms with Gasteiger partial charge in [-0.3, -0.25) is 14.7 Å². The van der Waals surface area contributed by atoms with Gasteiger partial charge in [-0.25, -0.2) is 0 Å². The summed E-state index contributed by atoms with van der Waals surface area (Å²) in [5, 5.41) is 9.36. The number of ether oxygens (including phenoxy) is 1. The van der Waals surface area contributed by atoms with E-state index in [-0.39, 0.29) is 12.0 Å². The van der Waals surface area contributed by atoms with Crippen molar-refractivity contribution in [2.75, 3.05) is 13.1 Å². The highest BCUT2D eigenvalue weighted by Crippen LogP contribution is 2.34. The van der Waals surface area contributed by atoms with Crippen LogP contribution in [0.2, 0.25) is 0 Å². The minimum absolute atomic E-state index is 0.0420. The molecule has 1 aliphatic heterocycles. The van der Waals surface area contributed by atoms with Crippen molar-refractivity contribution in [3.8, 4) is 11.5 Å². The van der Waals surface area contributed by atoms with Crippen molar-refractivity contribution in [1.29, 1.82) is 0 Å². The predicted molar refractivity (Wildman–Crippen MR) is 116 cm³/mol. The minimum Gasteiger partial charge on any atom is -0.481 e. The Hall–Kier alpha value is -3.18. The van der Waals surface area contributed by atoms with Crippen molar-refractivity contribution >= 4 is 5.97 Å². The van der Waals surface area contributed by atoms with E-state index >= 15 is 0 Å². The van der Waals surface area contributed by atoms with Crippen LogP contribution < -0.4 is 4.74 Å². The summed E-state index contributed by atoms with van der Waals surface area (Å²) in [4.78, 5) is 18.4. The van der Waals surface area contributed by atoms with Crippen LogP contribution in [0.1, 0.15) is 35.7 Å². The normalized spacial score (nSPS) is 16.2. The SMILES string of the molecule is Cc1ccc(C(c2cccc(Oc3ccccc3)c2)N2CCC(C(=O)O)CC2)nc1. The molecule has 1 fully saturated rings. The van der Waals surface area contributed by atoms with Crippen LogP contribution in [0.3, 0.4) is 0 Å². The first-order valence-electron chi connectivity index (χ1n) is 10.3. The topological polar surface area (TPSA) is 62.7 Å². The van der Waals surface area contributed by atoms with Crippen LogP contribution in [-0.2, 0) is 4.79 Å². The molecule has 2 aromatic carbocycles. The van der Waals surface area contributed by atoms with Gasteiger partial charge in [-0.1, -0.05) is 36.4 Å². The maximum atomic E-state index is 11.4. The fourth-order valence-corrected chi connectivity index (χ4v) is 3.99. The first-order valence-corrected chi connectivity index (χ1v) is 10.3. The smallest absolute Gasteiger partial charge is 0.306 e. The molecule has 0 radical (unpaired) electrons. The second-order valence-electron chi connectivity index (χ2n) is 7.80. The number of aryl methyl sites for hydroxylation is 1. The highest BCUT2D eigenvalue weighted by Gasteiger charge is 2.31. The monoisotopic (exact) mass is 402 g/mol. The standard InChI is InChI=1S/C25H26N2O3/c1-18-10-11-23(26-17-18)24(27-14-12-19(13-15-27)25(28)29)20-6-5-9-22(16-20)30-21-7-3-2-4-8-21/h2-11,16-17,19,24H,12-15H2,1H3,(H,28,29). The van der Waals surface area contributed by atoms with E-state index in [1.54, 1.807) is 0 Å². The van der Waals surface area contributed by atoms with Gasteiger partial charge in [0, 0.05) is 6.20 Å². The van der Waals surface area contributed by atoms with Gasteiger partial charge < -0.3 is 9.84 Å². The predicted octanol–water partition coefficient (Wildman–Crippen LogP) is 5.07. The summed E-state index contributed by atoms with van der Waals surface area (Å²) in [6, 6.07) is 21.9. The molecule has 2 heterocycles. The molecule has 154 valence electrons. The van der Waals surface area contributed by atoms with Crippen molar-refractivity contribution in [1.82, 2.24) is 9.88 Å². The zero-order valence-corrected chi connectivity index (χ0v) is 17.1. The molecule has 0 bridgehead atoms. The second-order valence-corrected chi connectivity index (χ2v) is 7.80. The van der Waals surface area contributed by atoms with Crippen LogP contribution in [0.4, 0.5) is 0 Å². The highest BCUT2D eigenvalue weighted by atomic mass is 16.5. The molecule has 5 heteroatoms. The fraction of sp³-hybridized carbons (Fsp3) is 0.280. The van der Waals surface area contributed by atoms with Gasteiger partial charge in [0.2, 0.25) is 0 Å². The Balaban J connectivity index is 1.63. The number of rotatable bonds is 6. The van der Waals surface area contributed by atoms with Gasteiger partial charge in [0.25, 0.3) is 0 Å². The van der Waals surface area contributed by atoms with Crippen LogP contribution in [0.5, 0.6) is 11.5 Å². The molecule has 1 saturated heterocycles. The molecule has 0 saturated carbocycles. The number of aromatic nitrogens is 1. The van der Waals surface area contributed by atoms with E-state index in [9.17, 15) is 9.90 Å². The molecule has 0 amide bonds. The summed E-state index contributed by atoms with van der Waals surface area (Å²) in [5.41, 5.74) is 3.17. The first-order chi connectivity index (χ1) is 14.6. The van der Waals surface area contributed by atoms with Gasteiger partial charge in [0.1, 0.15) is 11.5 Å². The van der Waals surface area contributed by atoms with Gasteiger partial charge in [-0.2, -0.15) is 0 Å². The van der Waals surface area contributed by atoms with Gasteiger partial charge >= 0.3 is 5.97 Å². The summed E-state index contributed by atoms with van der Waals surface area (Å²) in [6.45, 7) is 3.47. The molecule has 4 rings (SSSR count). The van der Waals surface area contributed by atoms with E-state index in [1.807, 2.05) is 55.6 Å². The summed E-state index contributed by atoms with van der Waals surface area (Å²) in [7, 11) is 0. The Kier molecular flexibility index (Phi) is 6.10. The number of hydrogen-bond acceptors (Lipinski definition) is 4. The third kappa shape index (κ3) is 4.69. The number of pyridine rings is 1. The summed E-state index contributed by atoms with van der Waals surface area (Å²) in [6.07, 6.45) is 3.19. The number of carbonyl (C=O) groups is 1. The zero-order chi connectivity index (χ0) is 20.9. The summed E-state index contributed by atoms with van der Waals surface area (Å²) >= 11 is 0. The van der Waals surface area contributed by atoms with Crippen molar-refractivity contribution in [2.45, 2.75) is 25.8 Å². The van der Waals surface area contributed by atoms with Crippen LogP contribution in [0.15, 0.2) is 72.9 Å². The molecule has 1 atom stereocenters. The van der Waals surface area contributed by atoms with Crippen molar-refractivity contribution in [3.05, 3.63) is 89.7 Å².